The average molecular weight is 252 g/mol. The molecule has 0 radical (unpaired) electrons. The quantitative estimate of drug-likeness (QED) is 0.810. The minimum atomic E-state index is -0.822. The fourth-order valence-corrected chi connectivity index (χ4v) is 2.08. The molecule has 4 heteroatoms. The molecule has 0 aliphatic rings. The second kappa shape index (κ2) is 6.59. The molecular weight excluding hydrogens is 228 g/mol. The van der Waals surface area contributed by atoms with Crippen LogP contribution in [0.25, 0.3) is 0 Å². The van der Waals surface area contributed by atoms with Gasteiger partial charge >= 0.3 is 5.97 Å². The molecule has 18 heavy (non-hydrogen) atoms. The normalized spacial score (nSPS) is 11.4. The van der Waals surface area contributed by atoms with E-state index >= 15 is 0 Å². The summed E-state index contributed by atoms with van der Waals surface area (Å²) in [6.45, 7) is 6.13. The Morgan fingerprint density at radius 1 is 1.44 bits per heavy atom. The van der Waals surface area contributed by atoms with Gasteiger partial charge in [-0.05, 0) is 45.5 Å². The topological polar surface area (TPSA) is 45.5 Å². The highest BCUT2D eigenvalue weighted by molar-refractivity contribution is 5.89. The first kappa shape index (κ1) is 14.8. The van der Waals surface area contributed by atoms with Crippen LogP contribution in [0.5, 0.6) is 0 Å². The summed E-state index contributed by atoms with van der Waals surface area (Å²) in [6.07, 6.45) is 3.75. The number of carboxylic acid groups (broad SMARTS) is 1. The third kappa shape index (κ3) is 4.18. The van der Waals surface area contributed by atoms with Crippen molar-refractivity contribution < 1.29 is 9.90 Å². The lowest BCUT2D eigenvalue weighted by Gasteiger charge is -2.14. The van der Waals surface area contributed by atoms with Crippen molar-refractivity contribution in [1.29, 1.82) is 0 Å². The van der Waals surface area contributed by atoms with Gasteiger partial charge in [0.25, 0.3) is 0 Å². The molecule has 0 atom stereocenters. The molecule has 4 nitrogen and oxygen atoms in total. The van der Waals surface area contributed by atoms with Gasteiger partial charge in [0, 0.05) is 18.4 Å². The fraction of sp³-hybridized carbons (Fsp3) is 0.643. The number of aromatic carboxylic acids is 1. The molecule has 0 unspecified atom stereocenters. The number of aryl methyl sites for hydroxylation is 1. The molecule has 1 aromatic heterocycles. The fourth-order valence-electron chi connectivity index (χ4n) is 2.08. The van der Waals surface area contributed by atoms with Crippen LogP contribution >= 0.6 is 0 Å². The van der Waals surface area contributed by atoms with Crippen LogP contribution in [0.2, 0.25) is 0 Å². The van der Waals surface area contributed by atoms with Crippen molar-refractivity contribution in [2.75, 3.05) is 20.6 Å². The van der Waals surface area contributed by atoms with E-state index in [4.69, 9.17) is 0 Å². The Labute approximate surface area is 109 Å². The van der Waals surface area contributed by atoms with Gasteiger partial charge in [-0.25, -0.2) is 4.79 Å². The summed E-state index contributed by atoms with van der Waals surface area (Å²) in [5.74, 6) is -0.359. The van der Waals surface area contributed by atoms with E-state index in [1.807, 2.05) is 20.3 Å². The van der Waals surface area contributed by atoms with Crippen molar-refractivity contribution in [1.82, 2.24) is 9.47 Å². The van der Waals surface area contributed by atoms with E-state index in [9.17, 15) is 9.90 Å². The first-order chi connectivity index (χ1) is 8.41. The molecule has 0 saturated carbocycles. The Morgan fingerprint density at radius 3 is 2.61 bits per heavy atom. The third-order valence-electron chi connectivity index (χ3n) is 2.92. The van der Waals surface area contributed by atoms with E-state index in [-0.39, 0.29) is 0 Å². The molecular formula is C14H24N2O2. The van der Waals surface area contributed by atoms with E-state index < -0.39 is 5.97 Å². The van der Waals surface area contributed by atoms with Gasteiger partial charge in [-0.3, -0.25) is 0 Å². The summed E-state index contributed by atoms with van der Waals surface area (Å²) in [5.41, 5.74) is 1.41. The van der Waals surface area contributed by atoms with Crippen molar-refractivity contribution in [2.24, 2.45) is 5.92 Å². The van der Waals surface area contributed by atoms with Crippen LogP contribution in [0, 0.1) is 5.92 Å². The Morgan fingerprint density at radius 2 is 2.11 bits per heavy atom. The van der Waals surface area contributed by atoms with Crippen molar-refractivity contribution >= 4 is 5.97 Å². The zero-order valence-corrected chi connectivity index (χ0v) is 11.8. The minimum Gasteiger partial charge on any atom is -0.478 e. The monoisotopic (exact) mass is 252 g/mol. The third-order valence-corrected chi connectivity index (χ3v) is 2.92. The summed E-state index contributed by atoms with van der Waals surface area (Å²) >= 11 is 0. The van der Waals surface area contributed by atoms with Gasteiger partial charge in [0.1, 0.15) is 0 Å². The van der Waals surface area contributed by atoms with Gasteiger partial charge in [-0.1, -0.05) is 13.8 Å². The average Bonchev–Trinajstić information content (AvgIpc) is 2.60. The predicted molar refractivity (Wildman–Crippen MR) is 73.1 cm³/mol. The Balaban J connectivity index is 2.80. The number of rotatable bonds is 7. The van der Waals surface area contributed by atoms with Gasteiger partial charge in [-0.2, -0.15) is 0 Å². The van der Waals surface area contributed by atoms with Crippen LogP contribution in [0.1, 0.15) is 36.3 Å². The number of carbonyl (C=O) groups is 1. The molecule has 102 valence electrons. The van der Waals surface area contributed by atoms with Crippen LogP contribution < -0.4 is 0 Å². The highest BCUT2D eigenvalue weighted by atomic mass is 16.4. The minimum absolute atomic E-state index is 0.452. The standard InChI is InChI=1S/C14H24N2O2/c1-11(2)10-13-12(14(17)18)6-9-16(13)8-5-7-15(3)4/h6,9,11H,5,7-8,10H2,1-4H3,(H,17,18). The van der Waals surface area contributed by atoms with E-state index in [1.165, 1.54) is 0 Å². The molecule has 1 N–H and O–H groups in total. The maximum absolute atomic E-state index is 11.2. The summed E-state index contributed by atoms with van der Waals surface area (Å²) in [5, 5.41) is 9.18. The SMILES string of the molecule is CC(C)Cc1c(C(=O)O)ccn1CCCN(C)C. The van der Waals surface area contributed by atoms with Crippen LogP contribution in [0.4, 0.5) is 0 Å². The molecule has 0 aliphatic carbocycles. The zero-order valence-electron chi connectivity index (χ0n) is 11.8. The van der Waals surface area contributed by atoms with Crippen LogP contribution in [0.15, 0.2) is 12.3 Å². The van der Waals surface area contributed by atoms with Crippen molar-refractivity contribution in [2.45, 2.75) is 33.2 Å². The number of carboxylic acids is 1. The Hall–Kier alpha value is -1.29. The summed E-state index contributed by atoms with van der Waals surface area (Å²) < 4.78 is 2.09. The predicted octanol–water partition coefficient (Wildman–Crippen LogP) is 2.34. The molecule has 0 bridgehead atoms. The number of hydrogen-bond acceptors (Lipinski definition) is 2. The Kier molecular flexibility index (Phi) is 5.41. The Bertz CT molecular complexity index is 394. The van der Waals surface area contributed by atoms with Crippen LogP contribution in [-0.2, 0) is 13.0 Å². The molecule has 0 aliphatic heterocycles. The van der Waals surface area contributed by atoms with Gasteiger partial charge in [0.2, 0.25) is 0 Å². The lowest BCUT2D eigenvalue weighted by atomic mass is 10.0. The zero-order chi connectivity index (χ0) is 13.7. The van der Waals surface area contributed by atoms with Gasteiger partial charge in [0.05, 0.1) is 5.56 Å². The molecule has 0 aromatic carbocycles. The first-order valence-electron chi connectivity index (χ1n) is 6.47. The van der Waals surface area contributed by atoms with Gasteiger partial charge < -0.3 is 14.6 Å². The van der Waals surface area contributed by atoms with Crippen molar-refractivity contribution in [3.63, 3.8) is 0 Å². The van der Waals surface area contributed by atoms with Gasteiger partial charge in [-0.15, -0.1) is 0 Å². The van der Waals surface area contributed by atoms with E-state index in [0.29, 0.717) is 11.5 Å². The molecule has 0 amide bonds. The molecule has 1 heterocycles. The number of nitrogens with zero attached hydrogens (tertiary/aromatic N) is 2. The largest absolute Gasteiger partial charge is 0.478 e. The molecule has 1 rings (SSSR count). The van der Waals surface area contributed by atoms with E-state index in [0.717, 1.165) is 31.6 Å². The van der Waals surface area contributed by atoms with Crippen LogP contribution in [0.3, 0.4) is 0 Å². The number of aromatic nitrogens is 1. The van der Waals surface area contributed by atoms with E-state index in [2.05, 4.69) is 23.3 Å². The maximum Gasteiger partial charge on any atom is 0.337 e. The molecule has 0 fully saturated rings. The smallest absolute Gasteiger partial charge is 0.337 e. The molecule has 0 spiro atoms. The lowest BCUT2D eigenvalue weighted by molar-refractivity contribution is 0.0695. The summed E-state index contributed by atoms with van der Waals surface area (Å²) in [4.78, 5) is 13.3. The van der Waals surface area contributed by atoms with Gasteiger partial charge in [0.15, 0.2) is 0 Å². The van der Waals surface area contributed by atoms with Crippen molar-refractivity contribution in [3.8, 4) is 0 Å². The first-order valence-corrected chi connectivity index (χ1v) is 6.47. The highest BCUT2D eigenvalue weighted by Crippen LogP contribution is 2.16. The van der Waals surface area contributed by atoms with Crippen LogP contribution in [-0.4, -0.2) is 41.2 Å². The maximum atomic E-state index is 11.2. The summed E-state index contributed by atoms with van der Waals surface area (Å²) in [6, 6.07) is 1.72. The highest BCUT2D eigenvalue weighted by Gasteiger charge is 2.15. The van der Waals surface area contributed by atoms with Crippen molar-refractivity contribution in [3.05, 3.63) is 23.5 Å². The molecule has 0 saturated heterocycles. The number of hydrogen-bond donors (Lipinski definition) is 1. The second-order valence-electron chi connectivity index (χ2n) is 5.43. The second-order valence-corrected chi connectivity index (χ2v) is 5.43. The molecule has 1 aromatic rings. The summed E-state index contributed by atoms with van der Waals surface area (Å²) in [7, 11) is 4.10. The van der Waals surface area contributed by atoms with E-state index in [1.54, 1.807) is 6.07 Å². The lowest BCUT2D eigenvalue weighted by Crippen LogP contribution is -2.16.